The molecule has 2 aromatic rings. The Hall–Kier alpha value is -2.28. The highest BCUT2D eigenvalue weighted by Gasteiger charge is 2.39. The molecule has 0 saturated heterocycles. The van der Waals surface area contributed by atoms with Crippen LogP contribution in [0.1, 0.15) is 54.8 Å². The minimum Gasteiger partial charge on any atom is -0.480 e. The van der Waals surface area contributed by atoms with Gasteiger partial charge in [0.2, 0.25) is 5.91 Å². The summed E-state index contributed by atoms with van der Waals surface area (Å²) in [6, 6.07) is 6.25. The highest BCUT2D eigenvalue weighted by Crippen LogP contribution is 2.27. The van der Waals surface area contributed by atoms with E-state index in [1.165, 1.54) is 23.5 Å². The molecule has 0 radical (unpaired) electrons. The molecule has 5 nitrogen and oxygen atoms in total. The summed E-state index contributed by atoms with van der Waals surface area (Å²) in [5.74, 6) is -1.54. The quantitative estimate of drug-likeness (QED) is 0.737. The van der Waals surface area contributed by atoms with Crippen LogP contribution in [-0.2, 0) is 22.4 Å². The highest BCUT2D eigenvalue weighted by atomic mass is 32.1. The van der Waals surface area contributed by atoms with Gasteiger partial charge in [-0.2, -0.15) is 0 Å². The summed E-state index contributed by atoms with van der Waals surface area (Å²) in [7, 11) is 0. The van der Waals surface area contributed by atoms with Gasteiger partial charge in [-0.1, -0.05) is 37.8 Å². The second-order valence-corrected chi connectivity index (χ2v) is 8.00. The molecule has 1 fully saturated rings. The van der Waals surface area contributed by atoms with Crippen molar-refractivity contribution in [2.24, 2.45) is 0 Å². The van der Waals surface area contributed by atoms with Crippen molar-refractivity contribution in [1.29, 1.82) is 0 Å². The molecule has 1 amide bonds. The number of halogens is 1. The molecule has 0 spiro atoms. The van der Waals surface area contributed by atoms with Gasteiger partial charge in [0.25, 0.3) is 0 Å². The van der Waals surface area contributed by atoms with E-state index < -0.39 is 11.5 Å². The molecule has 0 bridgehead atoms. The fourth-order valence-corrected chi connectivity index (χ4v) is 4.32. The zero-order valence-corrected chi connectivity index (χ0v) is 15.9. The molecule has 1 heterocycles. The fourth-order valence-electron chi connectivity index (χ4n) is 3.49. The van der Waals surface area contributed by atoms with Gasteiger partial charge in [0, 0.05) is 11.8 Å². The number of thiazole rings is 1. The lowest BCUT2D eigenvalue weighted by Crippen LogP contribution is -2.54. The van der Waals surface area contributed by atoms with Crippen molar-refractivity contribution in [2.75, 3.05) is 0 Å². The second kappa shape index (κ2) is 8.61. The first-order valence-corrected chi connectivity index (χ1v) is 10.1. The highest BCUT2D eigenvalue weighted by molar-refractivity contribution is 7.09. The van der Waals surface area contributed by atoms with Crippen LogP contribution in [0.15, 0.2) is 29.6 Å². The number of rotatable bonds is 6. The topological polar surface area (TPSA) is 79.3 Å². The maximum atomic E-state index is 13.0. The molecule has 0 aliphatic heterocycles. The van der Waals surface area contributed by atoms with Crippen LogP contribution in [0.3, 0.4) is 0 Å². The second-order valence-electron chi connectivity index (χ2n) is 7.06. The lowest BCUT2D eigenvalue weighted by atomic mass is 9.90. The number of nitrogens with one attached hydrogen (secondary N) is 1. The van der Waals surface area contributed by atoms with Gasteiger partial charge in [-0.3, -0.25) is 4.79 Å². The Morgan fingerprint density at radius 2 is 1.81 bits per heavy atom. The average Bonchev–Trinajstić information content (AvgIpc) is 2.91. The molecular weight excluding hydrogens is 367 g/mol. The first-order valence-electron chi connectivity index (χ1n) is 9.19. The summed E-state index contributed by atoms with van der Waals surface area (Å²) in [5.41, 5.74) is 0.425. The number of carboxylic acids is 1. The monoisotopic (exact) mass is 390 g/mol. The number of aliphatic carboxylic acids is 1. The van der Waals surface area contributed by atoms with Crippen LogP contribution in [-0.4, -0.2) is 27.5 Å². The van der Waals surface area contributed by atoms with E-state index >= 15 is 0 Å². The Morgan fingerprint density at radius 3 is 2.44 bits per heavy atom. The molecule has 0 atom stereocenters. The minimum absolute atomic E-state index is 0.0644. The number of amides is 1. The van der Waals surface area contributed by atoms with E-state index in [1.54, 1.807) is 12.1 Å². The summed E-state index contributed by atoms with van der Waals surface area (Å²) in [6.07, 6.45) is 5.21. The van der Waals surface area contributed by atoms with Crippen LogP contribution in [0.25, 0.3) is 0 Å². The predicted molar refractivity (Wildman–Crippen MR) is 101 cm³/mol. The zero-order valence-electron chi connectivity index (χ0n) is 15.0. The van der Waals surface area contributed by atoms with Gasteiger partial charge < -0.3 is 10.4 Å². The van der Waals surface area contributed by atoms with Crippen LogP contribution in [0.2, 0.25) is 0 Å². The third-order valence-corrected chi connectivity index (χ3v) is 5.85. The maximum Gasteiger partial charge on any atom is 0.329 e. The van der Waals surface area contributed by atoms with Crippen molar-refractivity contribution >= 4 is 23.2 Å². The lowest BCUT2D eigenvalue weighted by molar-refractivity contribution is -0.148. The molecular formula is C20H23FN2O3S. The van der Waals surface area contributed by atoms with E-state index in [2.05, 4.69) is 10.3 Å². The maximum absolute atomic E-state index is 13.0. The summed E-state index contributed by atoms with van der Waals surface area (Å²) in [4.78, 5) is 28.7. The van der Waals surface area contributed by atoms with Crippen molar-refractivity contribution in [3.63, 3.8) is 0 Å². The largest absolute Gasteiger partial charge is 0.480 e. The van der Waals surface area contributed by atoms with Gasteiger partial charge >= 0.3 is 5.97 Å². The lowest BCUT2D eigenvalue weighted by Gasteiger charge is -2.29. The summed E-state index contributed by atoms with van der Waals surface area (Å²) >= 11 is 1.44. The van der Waals surface area contributed by atoms with Crippen molar-refractivity contribution in [3.05, 3.63) is 51.7 Å². The standard InChI is InChI=1S/C20H23FN2O3S/c21-15-7-5-14(6-8-15)11-18-22-16(13-27-18)12-17(24)23-20(19(25)26)9-3-1-2-4-10-20/h5-8,13H,1-4,9-12H2,(H,23,24)(H,25,26). The summed E-state index contributed by atoms with van der Waals surface area (Å²) < 4.78 is 13.0. The van der Waals surface area contributed by atoms with Crippen molar-refractivity contribution < 1.29 is 19.1 Å². The van der Waals surface area contributed by atoms with Crippen LogP contribution in [0.4, 0.5) is 4.39 Å². The number of nitrogens with zero attached hydrogens (tertiary/aromatic N) is 1. The van der Waals surface area contributed by atoms with E-state index in [0.717, 1.165) is 36.3 Å². The predicted octanol–water partition coefficient (Wildman–Crippen LogP) is 3.71. The molecule has 1 aliphatic rings. The average molecular weight is 390 g/mol. The fraction of sp³-hybridized carbons (Fsp3) is 0.450. The van der Waals surface area contributed by atoms with Gasteiger partial charge in [-0.05, 0) is 30.5 Å². The number of aromatic nitrogens is 1. The van der Waals surface area contributed by atoms with Gasteiger partial charge in [0.05, 0.1) is 17.1 Å². The van der Waals surface area contributed by atoms with Crippen molar-refractivity contribution in [3.8, 4) is 0 Å². The molecule has 3 rings (SSSR count). The molecule has 1 aliphatic carbocycles. The number of carbonyl (C=O) groups excluding carboxylic acids is 1. The van der Waals surface area contributed by atoms with Crippen LogP contribution < -0.4 is 5.32 Å². The molecule has 0 unspecified atom stereocenters. The molecule has 2 N–H and O–H groups in total. The summed E-state index contributed by atoms with van der Waals surface area (Å²) in [6.45, 7) is 0. The Kier molecular flexibility index (Phi) is 6.21. The molecule has 7 heteroatoms. The van der Waals surface area contributed by atoms with E-state index in [9.17, 15) is 19.1 Å². The first-order chi connectivity index (χ1) is 13.0. The van der Waals surface area contributed by atoms with E-state index in [1.807, 2.05) is 5.38 Å². The van der Waals surface area contributed by atoms with E-state index in [0.29, 0.717) is 25.0 Å². The van der Waals surface area contributed by atoms with Crippen molar-refractivity contribution in [1.82, 2.24) is 10.3 Å². The number of hydrogen-bond acceptors (Lipinski definition) is 4. The normalized spacial score (nSPS) is 16.5. The molecule has 1 saturated carbocycles. The first kappa shape index (κ1) is 19.5. The number of carboxylic acid groups (broad SMARTS) is 1. The third kappa shape index (κ3) is 5.13. The molecule has 27 heavy (non-hydrogen) atoms. The zero-order chi connectivity index (χ0) is 19.3. The Balaban J connectivity index is 1.61. The summed E-state index contributed by atoms with van der Waals surface area (Å²) in [5, 5.41) is 15.1. The third-order valence-electron chi connectivity index (χ3n) is 4.95. The Bertz CT molecular complexity index is 796. The van der Waals surface area contributed by atoms with Crippen LogP contribution >= 0.6 is 11.3 Å². The smallest absolute Gasteiger partial charge is 0.329 e. The van der Waals surface area contributed by atoms with Crippen molar-refractivity contribution in [2.45, 2.75) is 56.9 Å². The number of carbonyl (C=O) groups is 2. The molecule has 144 valence electrons. The van der Waals surface area contributed by atoms with Gasteiger partial charge in [-0.25, -0.2) is 14.2 Å². The van der Waals surface area contributed by atoms with Crippen LogP contribution in [0, 0.1) is 5.82 Å². The minimum atomic E-state index is -1.15. The molecule has 1 aromatic heterocycles. The Morgan fingerprint density at radius 1 is 1.15 bits per heavy atom. The van der Waals surface area contributed by atoms with Gasteiger partial charge in [0.1, 0.15) is 11.4 Å². The van der Waals surface area contributed by atoms with Gasteiger partial charge in [0.15, 0.2) is 0 Å². The number of hydrogen-bond donors (Lipinski definition) is 2. The molecule has 1 aromatic carbocycles. The number of benzene rings is 1. The van der Waals surface area contributed by atoms with E-state index in [-0.39, 0.29) is 18.1 Å². The SMILES string of the molecule is O=C(Cc1csc(Cc2ccc(F)cc2)n1)NC1(C(=O)O)CCCCCC1. The van der Waals surface area contributed by atoms with E-state index in [4.69, 9.17) is 0 Å². The van der Waals surface area contributed by atoms with Gasteiger partial charge in [-0.15, -0.1) is 11.3 Å². The van der Waals surface area contributed by atoms with Crippen LogP contribution in [0.5, 0.6) is 0 Å². The Labute approximate surface area is 161 Å².